The van der Waals surface area contributed by atoms with Crippen molar-refractivity contribution in [3.63, 3.8) is 0 Å². The molecule has 0 saturated carbocycles. The van der Waals surface area contributed by atoms with Gasteiger partial charge in [-0.05, 0) is 27.8 Å². The molecule has 1 aliphatic rings. The minimum Gasteiger partial charge on any atom is -0.332 e. The second-order valence-corrected chi connectivity index (χ2v) is 4.96. The molecule has 0 aromatic rings. The van der Waals surface area contributed by atoms with Gasteiger partial charge < -0.3 is 5.32 Å². The van der Waals surface area contributed by atoms with E-state index in [4.69, 9.17) is 17.6 Å². The first-order valence-electron chi connectivity index (χ1n) is 5.01. The van der Waals surface area contributed by atoms with Gasteiger partial charge in [0, 0.05) is 17.3 Å². The van der Waals surface area contributed by atoms with Crippen molar-refractivity contribution in [1.29, 1.82) is 0 Å². The number of hydrogen-bond donors (Lipinski definition) is 3. The molecule has 0 aromatic carbocycles. The van der Waals surface area contributed by atoms with Crippen molar-refractivity contribution in [3.05, 3.63) is 0 Å². The highest BCUT2D eigenvalue weighted by Gasteiger charge is 2.45. The fourth-order valence-corrected chi connectivity index (χ4v) is 1.57. The molecular formula is C8H17ClN6O2. The topological polar surface area (TPSA) is 93.9 Å². The van der Waals surface area contributed by atoms with Crippen molar-refractivity contribution in [2.45, 2.75) is 32.6 Å². The third kappa shape index (κ3) is 2.71. The second-order valence-electron chi connectivity index (χ2n) is 4.64. The van der Waals surface area contributed by atoms with Gasteiger partial charge in [-0.15, -0.1) is 4.53 Å². The average Bonchev–Trinajstić information content (AvgIpc) is 2.39. The first-order chi connectivity index (χ1) is 7.69. The van der Waals surface area contributed by atoms with Gasteiger partial charge in [0.05, 0.1) is 0 Å². The standard InChI is InChI=1S/C8H17ClN6O2/c1-8(2,3)12-6(16)14-5(11-4)13(10)7(17)15(14)9/h5,11H,10H2,1-4H3,(H,12,16). The molecule has 8 nitrogen and oxygen atoms in total. The molecule has 1 unspecified atom stereocenters. The third-order valence-electron chi connectivity index (χ3n) is 2.01. The minimum absolute atomic E-state index is 0.446. The van der Waals surface area contributed by atoms with Crippen molar-refractivity contribution in [3.8, 4) is 0 Å². The zero-order valence-electron chi connectivity index (χ0n) is 10.2. The Morgan fingerprint density at radius 3 is 2.41 bits per heavy atom. The number of hydrazine groups is 2. The number of halogens is 1. The van der Waals surface area contributed by atoms with Gasteiger partial charge in [0.2, 0.25) is 6.29 Å². The zero-order valence-corrected chi connectivity index (χ0v) is 10.9. The molecule has 0 spiro atoms. The quantitative estimate of drug-likeness (QED) is 0.352. The van der Waals surface area contributed by atoms with Crippen LogP contribution in [0.3, 0.4) is 0 Å². The van der Waals surface area contributed by atoms with Crippen LogP contribution in [0, 0.1) is 0 Å². The van der Waals surface area contributed by atoms with E-state index in [0.29, 0.717) is 4.53 Å². The monoisotopic (exact) mass is 264 g/mol. The van der Waals surface area contributed by atoms with Gasteiger partial charge in [0.1, 0.15) is 0 Å². The Balaban J connectivity index is 2.88. The molecular weight excluding hydrogens is 248 g/mol. The summed E-state index contributed by atoms with van der Waals surface area (Å²) >= 11 is 5.71. The zero-order chi connectivity index (χ0) is 13.4. The van der Waals surface area contributed by atoms with E-state index in [1.165, 1.54) is 0 Å². The summed E-state index contributed by atoms with van der Waals surface area (Å²) < 4.78 is 0.641. The van der Waals surface area contributed by atoms with Crippen LogP contribution in [0.15, 0.2) is 0 Å². The number of amides is 4. The van der Waals surface area contributed by atoms with Gasteiger partial charge in [0.25, 0.3) is 0 Å². The highest BCUT2D eigenvalue weighted by atomic mass is 35.5. The van der Waals surface area contributed by atoms with Crippen LogP contribution in [0.2, 0.25) is 0 Å². The molecule has 98 valence electrons. The molecule has 0 radical (unpaired) electrons. The number of nitrogens with two attached hydrogens (primary N) is 1. The van der Waals surface area contributed by atoms with Crippen LogP contribution in [0.5, 0.6) is 0 Å². The van der Waals surface area contributed by atoms with E-state index in [-0.39, 0.29) is 0 Å². The Hall–Kier alpha value is -1.25. The highest BCUT2D eigenvalue weighted by molar-refractivity contribution is 6.21. The molecule has 1 atom stereocenters. The minimum atomic E-state index is -0.817. The summed E-state index contributed by atoms with van der Waals surface area (Å²) in [5.74, 6) is 5.49. The molecule has 0 aromatic heterocycles. The Labute approximate surface area is 105 Å². The predicted octanol–water partition coefficient (Wildman–Crippen LogP) is -0.0204. The van der Waals surface area contributed by atoms with Crippen LogP contribution < -0.4 is 16.5 Å². The molecule has 1 saturated heterocycles. The number of urea groups is 2. The molecule has 1 heterocycles. The fourth-order valence-electron chi connectivity index (χ4n) is 1.34. The molecule has 9 heteroatoms. The maximum absolute atomic E-state index is 11.9. The molecule has 17 heavy (non-hydrogen) atoms. The first-order valence-corrected chi connectivity index (χ1v) is 5.35. The Morgan fingerprint density at radius 1 is 1.47 bits per heavy atom. The van der Waals surface area contributed by atoms with E-state index >= 15 is 0 Å². The highest BCUT2D eigenvalue weighted by Crippen LogP contribution is 2.19. The summed E-state index contributed by atoms with van der Waals surface area (Å²) in [6, 6.07) is -1.21. The van der Waals surface area contributed by atoms with Crippen LogP contribution >= 0.6 is 11.8 Å². The SMILES string of the molecule is CNC1N(N)C(=O)N(Cl)N1C(=O)NC(C)(C)C. The van der Waals surface area contributed by atoms with Crippen LogP contribution in [-0.2, 0) is 0 Å². The third-order valence-corrected chi connectivity index (χ3v) is 2.32. The van der Waals surface area contributed by atoms with Gasteiger partial charge in [0.15, 0.2) is 0 Å². The Kier molecular flexibility index (Phi) is 3.70. The van der Waals surface area contributed by atoms with E-state index in [1.807, 2.05) is 20.8 Å². The summed E-state index contributed by atoms with van der Waals surface area (Å²) in [7, 11) is 1.56. The van der Waals surface area contributed by atoms with E-state index < -0.39 is 23.9 Å². The molecule has 0 bridgehead atoms. The van der Waals surface area contributed by atoms with E-state index in [9.17, 15) is 9.59 Å². The summed E-state index contributed by atoms with van der Waals surface area (Å²) in [5, 5.41) is 7.22. The number of carbonyl (C=O) groups excluding carboxylic acids is 2. The summed E-state index contributed by atoms with van der Waals surface area (Å²) in [5.41, 5.74) is -0.446. The normalized spacial score (nSPS) is 21.2. The van der Waals surface area contributed by atoms with E-state index in [0.717, 1.165) is 10.0 Å². The van der Waals surface area contributed by atoms with Crippen molar-refractivity contribution >= 4 is 23.8 Å². The van der Waals surface area contributed by atoms with Crippen LogP contribution in [0.4, 0.5) is 9.59 Å². The summed E-state index contributed by atoms with van der Waals surface area (Å²) in [4.78, 5) is 23.4. The summed E-state index contributed by atoms with van der Waals surface area (Å²) in [6.45, 7) is 5.45. The van der Waals surface area contributed by atoms with Crippen molar-refractivity contribution < 1.29 is 9.59 Å². The predicted molar refractivity (Wildman–Crippen MR) is 62.1 cm³/mol. The first kappa shape index (κ1) is 13.8. The largest absolute Gasteiger partial charge is 0.371 e. The van der Waals surface area contributed by atoms with E-state index in [2.05, 4.69) is 10.6 Å². The average molecular weight is 265 g/mol. The van der Waals surface area contributed by atoms with Gasteiger partial charge >= 0.3 is 12.1 Å². The smallest absolute Gasteiger partial charge is 0.332 e. The van der Waals surface area contributed by atoms with Crippen molar-refractivity contribution in [2.75, 3.05) is 7.05 Å². The molecule has 0 aliphatic carbocycles. The maximum Gasteiger partial charge on any atom is 0.371 e. The van der Waals surface area contributed by atoms with Crippen molar-refractivity contribution in [2.24, 2.45) is 5.84 Å². The number of nitrogens with zero attached hydrogens (tertiary/aromatic N) is 3. The van der Waals surface area contributed by atoms with Crippen LogP contribution in [0.1, 0.15) is 20.8 Å². The number of hydrogen-bond acceptors (Lipinski definition) is 4. The Bertz CT molecular complexity index is 330. The maximum atomic E-state index is 11.9. The number of rotatable bonds is 1. The second kappa shape index (κ2) is 4.55. The van der Waals surface area contributed by atoms with Crippen LogP contribution in [-0.4, -0.2) is 45.5 Å². The van der Waals surface area contributed by atoms with Crippen molar-refractivity contribution in [1.82, 2.24) is 25.2 Å². The molecule has 4 amide bonds. The lowest BCUT2D eigenvalue weighted by Gasteiger charge is -2.30. The fraction of sp³-hybridized carbons (Fsp3) is 0.750. The van der Waals surface area contributed by atoms with Gasteiger partial charge in [-0.3, -0.25) is 5.32 Å². The van der Waals surface area contributed by atoms with E-state index in [1.54, 1.807) is 7.05 Å². The van der Waals surface area contributed by atoms with Gasteiger partial charge in [-0.2, -0.15) is 5.01 Å². The number of carbonyl (C=O) groups is 2. The van der Waals surface area contributed by atoms with Gasteiger partial charge in [-0.1, -0.05) is 0 Å². The molecule has 1 rings (SSSR count). The lowest BCUT2D eigenvalue weighted by atomic mass is 10.1. The molecule has 4 N–H and O–H groups in total. The summed E-state index contributed by atoms with van der Waals surface area (Å²) in [6.07, 6.45) is -0.817. The number of nitrogens with one attached hydrogen (secondary N) is 2. The lowest BCUT2D eigenvalue weighted by Crippen LogP contribution is -2.58. The molecule has 1 aliphatic heterocycles. The van der Waals surface area contributed by atoms with Gasteiger partial charge in [-0.25, -0.2) is 20.4 Å². The molecule has 1 fully saturated rings. The van der Waals surface area contributed by atoms with Crippen LogP contribution in [0.25, 0.3) is 0 Å². The lowest BCUT2D eigenvalue weighted by molar-refractivity contribution is 0.0733. The Morgan fingerprint density at radius 2 is 2.00 bits per heavy atom.